The highest BCUT2D eigenvalue weighted by atomic mass is 32.2. The molecule has 3 heterocycles. The van der Waals surface area contributed by atoms with Gasteiger partial charge >= 0.3 is 0 Å². The molecule has 0 saturated heterocycles. The third-order valence-corrected chi connectivity index (χ3v) is 5.21. The van der Waals surface area contributed by atoms with Crippen LogP contribution in [0.15, 0.2) is 64.6 Å². The van der Waals surface area contributed by atoms with Gasteiger partial charge in [0.15, 0.2) is 5.16 Å². The third-order valence-electron chi connectivity index (χ3n) is 3.43. The summed E-state index contributed by atoms with van der Waals surface area (Å²) in [7, 11) is 0. The zero-order valence-corrected chi connectivity index (χ0v) is 13.9. The summed E-state index contributed by atoms with van der Waals surface area (Å²) in [6.45, 7) is 2.09. The lowest BCUT2D eigenvalue weighted by Gasteiger charge is -2.04. The Kier molecular flexibility index (Phi) is 3.77. The zero-order valence-electron chi connectivity index (χ0n) is 12.3. The van der Waals surface area contributed by atoms with Gasteiger partial charge in [-0.25, -0.2) is 19.9 Å². The quantitative estimate of drug-likeness (QED) is 0.404. The van der Waals surface area contributed by atoms with E-state index < -0.39 is 0 Å². The maximum atomic E-state index is 4.46. The van der Waals surface area contributed by atoms with E-state index in [-0.39, 0.29) is 0 Å². The molecule has 0 N–H and O–H groups in total. The molecule has 6 heteroatoms. The summed E-state index contributed by atoms with van der Waals surface area (Å²) >= 11 is 3.10. The van der Waals surface area contributed by atoms with Crippen LogP contribution in [0.3, 0.4) is 0 Å². The molecular weight excluding hydrogens is 324 g/mol. The average Bonchev–Trinajstić information content (AvgIpc) is 3.02. The van der Waals surface area contributed by atoms with Crippen LogP contribution >= 0.6 is 23.1 Å². The molecule has 0 aliphatic heterocycles. The molecule has 4 nitrogen and oxygen atoms in total. The van der Waals surface area contributed by atoms with Crippen LogP contribution < -0.4 is 0 Å². The van der Waals surface area contributed by atoms with E-state index in [4.69, 9.17) is 0 Å². The van der Waals surface area contributed by atoms with Crippen LogP contribution in [0.2, 0.25) is 0 Å². The van der Waals surface area contributed by atoms with Gasteiger partial charge in [0.1, 0.15) is 16.2 Å². The number of fused-ring (bicyclic) bond motifs is 1. The molecule has 0 spiro atoms. The van der Waals surface area contributed by atoms with E-state index >= 15 is 0 Å². The summed E-state index contributed by atoms with van der Waals surface area (Å²) in [6.07, 6.45) is 5.08. The lowest BCUT2D eigenvalue weighted by molar-refractivity contribution is 0.961. The fourth-order valence-corrected chi connectivity index (χ4v) is 4.08. The normalized spacial score (nSPS) is 11.0. The van der Waals surface area contributed by atoms with Gasteiger partial charge in [-0.05, 0) is 30.3 Å². The Morgan fingerprint density at radius 2 is 1.74 bits per heavy atom. The fourth-order valence-electron chi connectivity index (χ4n) is 2.30. The van der Waals surface area contributed by atoms with Gasteiger partial charge in [0, 0.05) is 23.3 Å². The van der Waals surface area contributed by atoms with Gasteiger partial charge in [-0.1, -0.05) is 29.8 Å². The first-order chi connectivity index (χ1) is 11.3. The average molecular weight is 336 g/mol. The molecule has 0 aliphatic carbocycles. The van der Waals surface area contributed by atoms with Crippen molar-refractivity contribution in [3.05, 3.63) is 60.0 Å². The van der Waals surface area contributed by atoms with Crippen molar-refractivity contribution in [1.29, 1.82) is 0 Å². The Labute approximate surface area is 141 Å². The van der Waals surface area contributed by atoms with E-state index in [2.05, 4.69) is 56.5 Å². The molecule has 4 rings (SSSR count). The van der Waals surface area contributed by atoms with Gasteiger partial charge in [0.25, 0.3) is 0 Å². The Hall–Kier alpha value is -2.31. The Balaban J connectivity index is 1.85. The summed E-state index contributed by atoms with van der Waals surface area (Å²) in [5, 5.41) is 4.78. The first kappa shape index (κ1) is 14.3. The SMILES string of the molecule is Cc1ccc(-c2csc3ncnc(Sc4ncccn4)c23)cc1. The molecule has 0 unspecified atom stereocenters. The lowest BCUT2D eigenvalue weighted by Crippen LogP contribution is -1.88. The summed E-state index contributed by atoms with van der Waals surface area (Å²) in [5.74, 6) is 0. The lowest BCUT2D eigenvalue weighted by atomic mass is 10.1. The van der Waals surface area contributed by atoms with Crippen LogP contribution in [0, 0.1) is 6.92 Å². The minimum atomic E-state index is 0.688. The van der Waals surface area contributed by atoms with Crippen molar-refractivity contribution in [2.24, 2.45) is 0 Å². The van der Waals surface area contributed by atoms with E-state index in [1.165, 1.54) is 22.9 Å². The topological polar surface area (TPSA) is 51.6 Å². The van der Waals surface area contributed by atoms with Gasteiger partial charge in [-0.15, -0.1) is 11.3 Å². The second kappa shape index (κ2) is 6.06. The first-order valence-corrected chi connectivity index (χ1v) is 8.75. The van der Waals surface area contributed by atoms with Crippen LogP contribution in [0.1, 0.15) is 5.56 Å². The first-order valence-electron chi connectivity index (χ1n) is 7.05. The van der Waals surface area contributed by atoms with Crippen molar-refractivity contribution >= 4 is 33.3 Å². The molecule has 0 radical (unpaired) electrons. The van der Waals surface area contributed by atoms with Crippen molar-refractivity contribution in [1.82, 2.24) is 19.9 Å². The highest BCUT2D eigenvalue weighted by Crippen LogP contribution is 2.39. The Bertz CT molecular complexity index is 949. The molecular formula is C17H12N4S2. The number of rotatable bonds is 3. The van der Waals surface area contributed by atoms with E-state index in [1.54, 1.807) is 30.1 Å². The van der Waals surface area contributed by atoms with Gasteiger partial charge in [0.05, 0.1) is 5.39 Å². The van der Waals surface area contributed by atoms with Crippen molar-refractivity contribution in [3.8, 4) is 11.1 Å². The maximum Gasteiger partial charge on any atom is 0.193 e. The molecule has 4 aromatic rings. The number of nitrogens with zero attached hydrogens (tertiary/aromatic N) is 4. The second-order valence-electron chi connectivity index (χ2n) is 5.01. The highest BCUT2D eigenvalue weighted by molar-refractivity contribution is 7.99. The van der Waals surface area contributed by atoms with Crippen LogP contribution in [0.25, 0.3) is 21.3 Å². The van der Waals surface area contributed by atoms with Crippen LogP contribution in [0.5, 0.6) is 0 Å². The molecule has 23 heavy (non-hydrogen) atoms. The maximum absolute atomic E-state index is 4.46. The second-order valence-corrected chi connectivity index (χ2v) is 6.82. The fraction of sp³-hybridized carbons (Fsp3) is 0.0588. The van der Waals surface area contributed by atoms with Crippen LogP contribution in [-0.2, 0) is 0 Å². The number of hydrogen-bond donors (Lipinski definition) is 0. The predicted molar refractivity (Wildman–Crippen MR) is 93.7 cm³/mol. The van der Waals surface area contributed by atoms with E-state index in [9.17, 15) is 0 Å². The largest absolute Gasteiger partial charge is 0.231 e. The van der Waals surface area contributed by atoms with Crippen molar-refractivity contribution in [2.75, 3.05) is 0 Å². The number of benzene rings is 1. The van der Waals surface area contributed by atoms with Gasteiger partial charge in [-0.3, -0.25) is 0 Å². The molecule has 0 aliphatic rings. The van der Waals surface area contributed by atoms with Gasteiger partial charge in [0.2, 0.25) is 0 Å². The van der Waals surface area contributed by atoms with Crippen LogP contribution in [-0.4, -0.2) is 19.9 Å². The summed E-state index contributed by atoms with van der Waals surface area (Å²) < 4.78 is 0. The number of thiophene rings is 1. The van der Waals surface area contributed by atoms with Gasteiger partial charge in [-0.2, -0.15) is 0 Å². The number of hydrogen-bond acceptors (Lipinski definition) is 6. The van der Waals surface area contributed by atoms with E-state index in [0.717, 1.165) is 20.8 Å². The zero-order chi connectivity index (χ0) is 15.6. The minimum absolute atomic E-state index is 0.688. The van der Waals surface area contributed by atoms with Gasteiger partial charge < -0.3 is 0 Å². The smallest absolute Gasteiger partial charge is 0.193 e. The van der Waals surface area contributed by atoms with E-state index in [1.807, 2.05) is 6.07 Å². The van der Waals surface area contributed by atoms with Crippen molar-refractivity contribution in [3.63, 3.8) is 0 Å². The monoisotopic (exact) mass is 336 g/mol. The predicted octanol–water partition coefficient (Wildman–Crippen LogP) is 4.61. The molecule has 0 atom stereocenters. The summed E-state index contributed by atoms with van der Waals surface area (Å²) in [6, 6.07) is 10.3. The molecule has 0 amide bonds. The van der Waals surface area contributed by atoms with Crippen LogP contribution in [0.4, 0.5) is 0 Å². The summed E-state index contributed by atoms with van der Waals surface area (Å²) in [4.78, 5) is 18.4. The van der Waals surface area contributed by atoms with Crippen molar-refractivity contribution in [2.45, 2.75) is 17.1 Å². The highest BCUT2D eigenvalue weighted by Gasteiger charge is 2.14. The molecule has 0 bridgehead atoms. The third kappa shape index (κ3) is 2.83. The van der Waals surface area contributed by atoms with Crippen molar-refractivity contribution < 1.29 is 0 Å². The molecule has 112 valence electrons. The molecule has 0 saturated carbocycles. The number of aromatic nitrogens is 4. The molecule has 1 aromatic carbocycles. The Morgan fingerprint density at radius 1 is 0.957 bits per heavy atom. The minimum Gasteiger partial charge on any atom is -0.231 e. The standard InChI is InChI=1S/C17H12N4S2/c1-11-3-5-12(6-4-11)13-9-22-15-14(13)16(21-10-20-15)23-17-18-7-2-8-19-17/h2-10H,1H3. The molecule has 3 aromatic heterocycles. The molecule has 0 fully saturated rings. The van der Waals surface area contributed by atoms with E-state index in [0.29, 0.717) is 5.16 Å². The Morgan fingerprint density at radius 3 is 2.52 bits per heavy atom. The summed E-state index contributed by atoms with van der Waals surface area (Å²) in [5.41, 5.74) is 3.58. The number of aryl methyl sites for hydroxylation is 1.